The van der Waals surface area contributed by atoms with Gasteiger partial charge in [-0.3, -0.25) is 14.7 Å². The van der Waals surface area contributed by atoms with E-state index in [1.165, 1.54) is 23.1 Å². The molecular formula is C16H18N6O3S2. The van der Waals surface area contributed by atoms with Crippen LogP contribution >= 0.6 is 23.1 Å². The second kappa shape index (κ2) is 8.19. The summed E-state index contributed by atoms with van der Waals surface area (Å²) in [5.74, 6) is 1.31. The van der Waals surface area contributed by atoms with Gasteiger partial charge in [-0.25, -0.2) is 0 Å². The number of anilines is 1. The van der Waals surface area contributed by atoms with Crippen LogP contribution < -0.4 is 5.32 Å². The van der Waals surface area contributed by atoms with Crippen LogP contribution in [0.15, 0.2) is 28.0 Å². The Morgan fingerprint density at radius 1 is 1.41 bits per heavy atom. The average molecular weight is 406 g/mol. The first-order valence-electron chi connectivity index (χ1n) is 8.50. The molecule has 0 aromatic carbocycles. The van der Waals surface area contributed by atoms with Gasteiger partial charge in [-0.15, -0.1) is 20.4 Å². The van der Waals surface area contributed by atoms with E-state index in [0.29, 0.717) is 28.4 Å². The zero-order valence-corrected chi connectivity index (χ0v) is 16.3. The molecule has 1 atom stereocenters. The van der Waals surface area contributed by atoms with E-state index in [4.69, 9.17) is 9.15 Å². The molecule has 1 aliphatic rings. The summed E-state index contributed by atoms with van der Waals surface area (Å²) in [6.45, 7) is 3.24. The first-order valence-corrected chi connectivity index (χ1v) is 10.3. The minimum absolute atomic E-state index is 0.118. The maximum absolute atomic E-state index is 12.2. The number of nitrogens with zero attached hydrogens (tertiary/aromatic N) is 5. The zero-order valence-electron chi connectivity index (χ0n) is 14.6. The summed E-state index contributed by atoms with van der Waals surface area (Å²) in [6, 6.07) is 3.65. The molecule has 0 bridgehead atoms. The number of aromatic nitrogens is 5. The normalized spacial score (nSPS) is 16.7. The predicted molar refractivity (Wildman–Crippen MR) is 101 cm³/mol. The summed E-state index contributed by atoms with van der Waals surface area (Å²) in [7, 11) is 0. The largest absolute Gasteiger partial charge is 0.461 e. The highest BCUT2D eigenvalue weighted by Gasteiger charge is 2.23. The standard InChI is InChI=1S/C16H18N6O3S2/c1-10-18-20-15(27-10)17-13(23)9-26-16-21-19-14(12-5-3-7-25-12)22(16)8-11-4-2-6-24-11/h3,5,7,11H,2,4,6,8-9H2,1H3,(H,17,20,23). The number of carbonyl (C=O) groups is 1. The van der Waals surface area contributed by atoms with Crippen molar-refractivity contribution in [2.24, 2.45) is 0 Å². The SMILES string of the molecule is Cc1nnc(NC(=O)CSc2nnc(-c3ccco3)n2CC2CCCO2)s1. The van der Waals surface area contributed by atoms with Crippen molar-refractivity contribution in [1.29, 1.82) is 0 Å². The van der Waals surface area contributed by atoms with E-state index in [-0.39, 0.29) is 17.8 Å². The fourth-order valence-electron chi connectivity index (χ4n) is 2.77. The second-order valence-electron chi connectivity index (χ2n) is 5.99. The lowest BCUT2D eigenvalue weighted by molar-refractivity contribution is -0.113. The fraction of sp³-hybridized carbons (Fsp3) is 0.438. The fourth-order valence-corrected chi connectivity index (χ4v) is 4.13. The van der Waals surface area contributed by atoms with Crippen molar-refractivity contribution in [1.82, 2.24) is 25.0 Å². The number of thioether (sulfide) groups is 1. The molecule has 142 valence electrons. The summed E-state index contributed by atoms with van der Waals surface area (Å²) in [6.07, 6.45) is 3.77. The maximum atomic E-state index is 12.2. The molecule has 0 aliphatic carbocycles. The van der Waals surface area contributed by atoms with Crippen molar-refractivity contribution in [3.8, 4) is 11.6 Å². The smallest absolute Gasteiger partial charge is 0.236 e. The number of furan rings is 1. The molecule has 4 heterocycles. The number of aryl methyl sites for hydroxylation is 1. The van der Waals surface area contributed by atoms with Crippen LogP contribution in [0.5, 0.6) is 0 Å². The van der Waals surface area contributed by atoms with Gasteiger partial charge in [0.15, 0.2) is 10.9 Å². The van der Waals surface area contributed by atoms with E-state index in [0.717, 1.165) is 24.5 Å². The van der Waals surface area contributed by atoms with Crippen LogP contribution in [-0.2, 0) is 16.1 Å². The van der Waals surface area contributed by atoms with Crippen molar-refractivity contribution >= 4 is 34.1 Å². The van der Waals surface area contributed by atoms with Gasteiger partial charge < -0.3 is 9.15 Å². The van der Waals surface area contributed by atoms with Crippen molar-refractivity contribution in [2.75, 3.05) is 17.7 Å². The highest BCUT2D eigenvalue weighted by Crippen LogP contribution is 2.27. The Hall–Kier alpha value is -2.24. The molecule has 0 saturated carbocycles. The number of nitrogens with one attached hydrogen (secondary N) is 1. The van der Waals surface area contributed by atoms with Crippen LogP contribution in [0, 0.1) is 6.92 Å². The Bertz CT molecular complexity index is 901. The molecule has 1 aliphatic heterocycles. The average Bonchev–Trinajstić information content (AvgIpc) is 3.42. The number of amides is 1. The third kappa shape index (κ3) is 4.37. The van der Waals surface area contributed by atoms with E-state index in [9.17, 15) is 4.79 Å². The lowest BCUT2D eigenvalue weighted by atomic mass is 10.2. The zero-order chi connectivity index (χ0) is 18.6. The number of ether oxygens (including phenoxy) is 1. The van der Waals surface area contributed by atoms with Crippen LogP contribution in [0.25, 0.3) is 11.6 Å². The van der Waals surface area contributed by atoms with E-state index in [1.807, 2.05) is 23.6 Å². The highest BCUT2D eigenvalue weighted by molar-refractivity contribution is 7.99. The summed E-state index contributed by atoms with van der Waals surface area (Å²) in [4.78, 5) is 12.2. The third-order valence-corrected chi connectivity index (χ3v) is 5.69. The summed E-state index contributed by atoms with van der Waals surface area (Å²) >= 11 is 2.66. The monoisotopic (exact) mass is 406 g/mol. The van der Waals surface area contributed by atoms with Crippen molar-refractivity contribution in [3.05, 3.63) is 23.4 Å². The minimum Gasteiger partial charge on any atom is -0.461 e. The van der Waals surface area contributed by atoms with Crippen LogP contribution in [0.1, 0.15) is 17.8 Å². The van der Waals surface area contributed by atoms with Gasteiger partial charge in [0.2, 0.25) is 16.9 Å². The quantitative estimate of drug-likeness (QED) is 0.597. The third-order valence-electron chi connectivity index (χ3n) is 3.97. The van der Waals surface area contributed by atoms with Gasteiger partial charge in [0.25, 0.3) is 0 Å². The molecule has 3 aromatic rings. The molecule has 1 saturated heterocycles. The molecule has 11 heteroatoms. The molecule has 0 radical (unpaired) electrons. The van der Waals surface area contributed by atoms with Crippen LogP contribution in [0.4, 0.5) is 5.13 Å². The Morgan fingerprint density at radius 3 is 3.04 bits per heavy atom. The van der Waals surface area contributed by atoms with Crippen molar-refractivity contribution in [3.63, 3.8) is 0 Å². The lowest BCUT2D eigenvalue weighted by Gasteiger charge is -2.13. The van der Waals surface area contributed by atoms with E-state index >= 15 is 0 Å². The Kier molecular flexibility index (Phi) is 5.50. The molecule has 3 aromatic heterocycles. The summed E-state index contributed by atoms with van der Waals surface area (Å²) in [5.41, 5.74) is 0. The number of hydrogen-bond donors (Lipinski definition) is 1. The molecule has 1 amide bonds. The number of rotatable bonds is 7. The van der Waals surface area contributed by atoms with Gasteiger partial charge in [0.1, 0.15) is 5.01 Å². The Morgan fingerprint density at radius 2 is 2.33 bits per heavy atom. The van der Waals surface area contributed by atoms with Gasteiger partial charge in [-0.2, -0.15) is 0 Å². The molecule has 4 rings (SSSR count). The Labute approximate surface area is 163 Å². The first-order chi connectivity index (χ1) is 13.2. The molecule has 1 unspecified atom stereocenters. The number of hydrogen-bond acceptors (Lipinski definition) is 9. The second-order valence-corrected chi connectivity index (χ2v) is 8.12. The topological polar surface area (TPSA) is 108 Å². The van der Waals surface area contributed by atoms with Gasteiger partial charge in [0, 0.05) is 6.61 Å². The van der Waals surface area contributed by atoms with E-state index in [2.05, 4.69) is 25.7 Å². The summed E-state index contributed by atoms with van der Waals surface area (Å²) in [5, 5.41) is 21.0. The molecular weight excluding hydrogens is 388 g/mol. The highest BCUT2D eigenvalue weighted by atomic mass is 32.2. The molecule has 9 nitrogen and oxygen atoms in total. The van der Waals surface area contributed by atoms with Gasteiger partial charge >= 0.3 is 0 Å². The van der Waals surface area contributed by atoms with E-state index in [1.54, 1.807) is 6.26 Å². The van der Waals surface area contributed by atoms with Gasteiger partial charge in [-0.1, -0.05) is 23.1 Å². The van der Waals surface area contributed by atoms with Crippen LogP contribution in [-0.4, -0.2) is 49.3 Å². The van der Waals surface area contributed by atoms with Crippen molar-refractivity contribution in [2.45, 2.75) is 37.6 Å². The van der Waals surface area contributed by atoms with Crippen LogP contribution in [0.2, 0.25) is 0 Å². The number of carbonyl (C=O) groups excluding carboxylic acids is 1. The van der Waals surface area contributed by atoms with Crippen LogP contribution in [0.3, 0.4) is 0 Å². The van der Waals surface area contributed by atoms with Gasteiger partial charge in [0.05, 0.1) is 24.7 Å². The maximum Gasteiger partial charge on any atom is 0.236 e. The molecule has 0 spiro atoms. The molecule has 27 heavy (non-hydrogen) atoms. The van der Waals surface area contributed by atoms with Gasteiger partial charge in [-0.05, 0) is 31.9 Å². The summed E-state index contributed by atoms with van der Waals surface area (Å²) < 4.78 is 13.2. The molecule has 1 fully saturated rings. The first kappa shape index (κ1) is 18.1. The van der Waals surface area contributed by atoms with Crippen molar-refractivity contribution < 1.29 is 13.9 Å². The Balaban J connectivity index is 1.47. The lowest BCUT2D eigenvalue weighted by Crippen LogP contribution is -2.18. The molecule has 1 N–H and O–H groups in total. The predicted octanol–water partition coefficient (Wildman–Crippen LogP) is 2.61. The van der Waals surface area contributed by atoms with E-state index < -0.39 is 0 Å². The minimum atomic E-state index is -0.164.